The molecule has 0 saturated carbocycles. The van der Waals surface area contributed by atoms with Crippen LogP contribution in [-0.2, 0) is 23.6 Å². The summed E-state index contributed by atoms with van der Waals surface area (Å²) < 4.78 is 13.6. The molecular weight excluding hydrogens is 394 g/mol. The quantitative estimate of drug-likeness (QED) is 0.535. The van der Waals surface area contributed by atoms with E-state index in [9.17, 15) is 4.21 Å². The molecule has 6 nitrogen and oxygen atoms in total. The lowest BCUT2D eigenvalue weighted by Gasteiger charge is -2.15. The molecule has 3 heterocycles. The topological polar surface area (TPSA) is 76.5 Å². The third kappa shape index (κ3) is 3.27. The van der Waals surface area contributed by atoms with Crippen molar-refractivity contribution in [3.8, 4) is 11.3 Å². The molecule has 0 amide bonds. The van der Waals surface area contributed by atoms with Crippen LogP contribution >= 0.6 is 0 Å². The number of aromatic nitrogens is 5. The SMILES string of the molecule is CC(c1ccc(S(C)=O)cc1)n1cc2cc(-c3n[nH]c4c3CC(C)(C)C4)cnc2n1. The zero-order valence-electron chi connectivity index (χ0n) is 17.6. The highest BCUT2D eigenvalue weighted by Gasteiger charge is 2.32. The molecule has 0 radical (unpaired) electrons. The fourth-order valence-corrected chi connectivity index (χ4v) is 4.87. The Balaban J connectivity index is 1.47. The van der Waals surface area contributed by atoms with Crippen LogP contribution in [0.25, 0.3) is 22.3 Å². The molecule has 0 aliphatic heterocycles. The van der Waals surface area contributed by atoms with Gasteiger partial charge in [0, 0.05) is 56.6 Å². The van der Waals surface area contributed by atoms with Crippen molar-refractivity contribution in [3.63, 3.8) is 0 Å². The van der Waals surface area contributed by atoms with Gasteiger partial charge in [-0.05, 0) is 48.9 Å². The second-order valence-electron chi connectivity index (χ2n) is 8.99. The lowest BCUT2D eigenvalue weighted by atomic mass is 9.90. The van der Waals surface area contributed by atoms with Crippen LogP contribution in [0.2, 0.25) is 0 Å². The summed E-state index contributed by atoms with van der Waals surface area (Å²) in [5, 5.41) is 13.5. The molecule has 1 N–H and O–H groups in total. The van der Waals surface area contributed by atoms with E-state index in [0.29, 0.717) is 0 Å². The van der Waals surface area contributed by atoms with Gasteiger partial charge >= 0.3 is 0 Å². The lowest BCUT2D eigenvalue weighted by molar-refractivity contribution is 0.388. The molecule has 154 valence electrons. The number of nitrogens with zero attached hydrogens (tertiary/aromatic N) is 4. The number of benzene rings is 1. The summed E-state index contributed by atoms with van der Waals surface area (Å²) in [6.07, 6.45) is 7.67. The van der Waals surface area contributed by atoms with Gasteiger partial charge in [0.25, 0.3) is 0 Å². The average Bonchev–Trinajstić information content (AvgIpc) is 3.38. The van der Waals surface area contributed by atoms with Gasteiger partial charge in [-0.1, -0.05) is 26.0 Å². The van der Waals surface area contributed by atoms with E-state index in [-0.39, 0.29) is 11.5 Å². The number of aromatic amines is 1. The Hall–Kier alpha value is -2.80. The van der Waals surface area contributed by atoms with Gasteiger partial charge in [-0.25, -0.2) is 4.98 Å². The summed E-state index contributed by atoms with van der Waals surface area (Å²) in [5.74, 6) is 0. The molecule has 4 aromatic rings. The van der Waals surface area contributed by atoms with Crippen molar-refractivity contribution in [1.29, 1.82) is 0 Å². The predicted octanol–water partition coefficient (Wildman–Crippen LogP) is 4.29. The van der Waals surface area contributed by atoms with Crippen molar-refractivity contribution in [1.82, 2.24) is 25.0 Å². The number of rotatable bonds is 4. The summed E-state index contributed by atoms with van der Waals surface area (Å²) in [6, 6.07) is 10.0. The van der Waals surface area contributed by atoms with Crippen LogP contribution in [-0.4, -0.2) is 35.4 Å². The standard InChI is InChI=1S/C23H25N5OS/c1-14(15-5-7-18(8-6-15)30(4)29)28-13-17-9-16(12-24-22(17)27-28)21-19-10-23(2,3)11-20(19)25-26-21/h5-9,12-14H,10-11H2,1-4H3,(H,25,26). The largest absolute Gasteiger partial charge is 0.282 e. The third-order valence-corrected chi connectivity index (χ3v) is 6.94. The molecule has 1 aliphatic carbocycles. The van der Waals surface area contributed by atoms with Gasteiger partial charge in [-0.15, -0.1) is 0 Å². The average molecular weight is 420 g/mol. The first kappa shape index (κ1) is 19.2. The number of nitrogens with one attached hydrogen (secondary N) is 1. The van der Waals surface area contributed by atoms with Crippen molar-refractivity contribution in [3.05, 3.63) is 59.5 Å². The van der Waals surface area contributed by atoms with E-state index < -0.39 is 10.8 Å². The highest BCUT2D eigenvalue weighted by molar-refractivity contribution is 7.84. The van der Waals surface area contributed by atoms with E-state index in [4.69, 9.17) is 0 Å². The van der Waals surface area contributed by atoms with Crippen LogP contribution in [0.4, 0.5) is 0 Å². The number of fused-ring (bicyclic) bond motifs is 2. The van der Waals surface area contributed by atoms with Crippen LogP contribution in [0.5, 0.6) is 0 Å². The predicted molar refractivity (Wildman–Crippen MR) is 119 cm³/mol. The molecule has 1 aromatic carbocycles. The Morgan fingerprint density at radius 1 is 1.20 bits per heavy atom. The Morgan fingerprint density at radius 2 is 1.97 bits per heavy atom. The van der Waals surface area contributed by atoms with E-state index in [0.717, 1.165) is 45.6 Å². The molecule has 7 heteroatoms. The molecular formula is C23H25N5OS. The van der Waals surface area contributed by atoms with Crippen molar-refractivity contribution < 1.29 is 4.21 Å². The Kier molecular flexibility index (Phi) is 4.39. The molecule has 2 unspecified atom stereocenters. The van der Waals surface area contributed by atoms with Crippen molar-refractivity contribution >= 4 is 21.8 Å². The lowest BCUT2D eigenvalue weighted by Crippen LogP contribution is -2.11. The van der Waals surface area contributed by atoms with Crippen molar-refractivity contribution in [2.75, 3.05) is 6.26 Å². The minimum Gasteiger partial charge on any atom is -0.282 e. The van der Waals surface area contributed by atoms with Gasteiger partial charge in [-0.3, -0.25) is 14.0 Å². The summed E-state index contributed by atoms with van der Waals surface area (Å²) in [5.41, 5.74) is 6.71. The molecule has 0 bridgehead atoms. The normalized spacial score (nSPS) is 17.2. The van der Waals surface area contributed by atoms with E-state index in [1.807, 2.05) is 41.3 Å². The monoisotopic (exact) mass is 419 g/mol. The van der Waals surface area contributed by atoms with E-state index in [1.54, 1.807) is 6.26 Å². The second-order valence-corrected chi connectivity index (χ2v) is 10.4. The fourth-order valence-electron chi connectivity index (χ4n) is 4.35. The minimum absolute atomic E-state index is 0.0532. The Bertz CT molecular complexity index is 1270. The van der Waals surface area contributed by atoms with Crippen LogP contribution in [0.15, 0.2) is 47.6 Å². The van der Waals surface area contributed by atoms with Gasteiger partial charge in [0.2, 0.25) is 0 Å². The summed E-state index contributed by atoms with van der Waals surface area (Å²) in [7, 11) is -0.971. The second kappa shape index (κ2) is 6.87. The number of pyridine rings is 1. The van der Waals surface area contributed by atoms with Gasteiger partial charge in [-0.2, -0.15) is 10.2 Å². The van der Waals surface area contributed by atoms with Gasteiger partial charge in [0.1, 0.15) is 0 Å². The summed E-state index contributed by atoms with van der Waals surface area (Å²) >= 11 is 0. The zero-order valence-corrected chi connectivity index (χ0v) is 18.5. The Morgan fingerprint density at radius 3 is 2.70 bits per heavy atom. The minimum atomic E-state index is -0.971. The first-order valence-electron chi connectivity index (χ1n) is 10.2. The molecule has 5 rings (SSSR count). The van der Waals surface area contributed by atoms with Crippen molar-refractivity contribution in [2.24, 2.45) is 5.41 Å². The van der Waals surface area contributed by atoms with Gasteiger partial charge < -0.3 is 0 Å². The van der Waals surface area contributed by atoms with Crippen LogP contribution < -0.4 is 0 Å². The first-order chi connectivity index (χ1) is 14.3. The molecule has 2 atom stereocenters. The smallest absolute Gasteiger partial charge is 0.181 e. The Labute approximate surface area is 178 Å². The number of H-pyrrole nitrogens is 1. The maximum atomic E-state index is 11.6. The molecule has 0 saturated heterocycles. The zero-order chi connectivity index (χ0) is 21.0. The van der Waals surface area contributed by atoms with E-state index >= 15 is 0 Å². The maximum Gasteiger partial charge on any atom is 0.181 e. The summed E-state index contributed by atoms with van der Waals surface area (Å²) in [4.78, 5) is 5.44. The van der Waals surface area contributed by atoms with Crippen molar-refractivity contribution in [2.45, 2.75) is 44.6 Å². The van der Waals surface area contributed by atoms with Crippen LogP contribution in [0, 0.1) is 5.41 Å². The maximum absolute atomic E-state index is 11.6. The first-order valence-corrected chi connectivity index (χ1v) is 11.7. The summed E-state index contributed by atoms with van der Waals surface area (Å²) in [6.45, 7) is 6.69. The number of hydrogen-bond acceptors (Lipinski definition) is 4. The van der Waals surface area contributed by atoms with E-state index in [2.05, 4.69) is 47.1 Å². The highest BCUT2D eigenvalue weighted by atomic mass is 32.2. The molecule has 0 spiro atoms. The number of hydrogen-bond donors (Lipinski definition) is 1. The van der Waals surface area contributed by atoms with Crippen LogP contribution in [0.3, 0.4) is 0 Å². The highest BCUT2D eigenvalue weighted by Crippen LogP contribution is 2.40. The fraction of sp³-hybridized carbons (Fsp3) is 0.348. The van der Waals surface area contributed by atoms with Crippen LogP contribution in [0.1, 0.15) is 43.6 Å². The molecule has 3 aromatic heterocycles. The molecule has 0 fully saturated rings. The van der Waals surface area contributed by atoms with E-state index in [1.165, 1.54) is 11.3 Å². The van der Waals surface area contributed by atoms with Gasteiger partial charge in [0.05, 0.1) is 11.7 Å². The van der Waals surface area contributed by atoms with Gasteiger partial charge in [0.15, 0.2) is 5.65 Å². The molecule has 30 heavy (non-hydrogen) atoms. The molecule has 1 aliphatic rings. The third-order valence-electron chi connectivity index (χ3n) is 6.00.